The van der Waals surface area contributed by atoms with Crippen LogP contribution in [0.1, 0.15) is 126 Å². The summed E-state index contributed by atoms with van der Waals surface area (Å²) in [5.74, 6) is -0.00478. The maximum absolute atomic E-state index is 12.9. The van der Waals surface area contributed by atoms with Gasteiger partial charge in [-0.05, 0) is 42.2 Å². The molecular weight excluding hydrogens is 441 g/mol. The Morgan fingerprint density at radius 2 is 1.71 bits per heavy atom. The van der Waals surface area contributed by atoms with Gasteiger partial charge in [-0.15, -0.1) is 0 Å². The highest BCUT2D eigenvalue weighted by Crippen LogP contribution is 2.45. The molecule has 2 unspecified atom stereocenters. The molecule has 0 saturated heterocycles. The fourth-order valence-corrected chi connectivity index (χ4v) is 4.45. The summed E-state index contributed by atoms with van der Waals surface area (Å²) in [7, 11) is 0. The summed E-state index contributed by atoms with van der Waals surface area (Å²) < 4.78 is 38.6. The van der Waals surface area contributed by atoms with Crippen LogP contribution in [0, 0.1) is 5.41 Å². The molecule has 2 aromatic heterocycles. The van der Waals surface area contributed by atoms with Crippen molar-refractivity contribution < 1.29 is 23.4 Å². The number of rotatable bonds is 4. The molecule has 2 aromatic rings. The van der Waals surface area contributed by atoms with E-state index in [2.05, 4.69) is 18.8 Å². The second-order valence-electron chi connectivity index (χ2n) is 9.20. The first-order chi connectivity index (χ1) is 15.9. The normalized spacial score (nSPS) is 17.7. The minimum absolute atomic E-state index is 0.00478. The third kappa shape index (κ3) is 6.57. The van der Waals surface area contributed by atoms with Crippen LogP contribution in [0.5, 0.6) is 0 Å². The van der Waals surface area contributed by atoms with E-state index >= 15 is 0 Å². The van der Waals surface area contributed by atoms with E-state index in [4.69, 9.17) is 4.98 Å². The van der Waals surface area contributed by atoms with Crippen LogP contribution in [0.3, 0.4) is 0 Å². The fourth-order valence-electron chi connectivity index (χ4n) is 4.45. The van der Waals surface area contributed by atoms with E-state index in [9.17, 15) is 23.4 Å². The smallest absolute Gasteiger partial charge is 0.388 e. The standard InChI is InChI=1S/C23H29F3N2O2.2C2H6/c1-6-14-18-15(9-22(4,5)10-16(18)29)28-20(12(2)3)19(14)21(30)13-7-8-17(27-11-13)23(24,25)26;2*1-2/h7-8,11-12,16,21,29-30H,6,9-10H2,1-5H3;2*1-2H3. The van der Waals surface area contributed by atoms with Gasteiger partial charge >= 0.3 is 6.18 Å². The van der Waals surface area contributed by atoms with Crippen molar-refractivity contribution in [3.05, 3.63) is 57.7 Å². The lowest BCUT2D eigenvalue weighted by atomic mass is 9.72. The number of pyridine rings is 2. The number of nitrogens with zero attached hydrogens (tertiary/aromatic N) is 2. The van der Waals surface area contributed by atoms with Crippen molar-refractivity contribution in [2.45, 2.75) is 106 Å². The highest BCUT2D eigenvalue weighted by atomic mass is 19.4. The first-order valence-corrected chi connectivity index (χ1v) is 12.3. The van der Waals surface area contributed by atoms with Gasteiger partial charge in [0.25, 0.3) is 0 Å². The number of aromatic nitrogens is 2. The van der Waals surface area contributed by atoms with Gasteiger partial charge in [0.15, 0.2) is 0 Å². The SMILES string of the molecule is CC.CC.CCc1c2c(nc(C(C)C)c1C(O)c1ccc(C(F)(F)F)nc1)CC(C)(C)CC2O. The summed E-state index contributed by atoms with van der Waals surface area (Å²) in [6.45, 7) is 18.1. The van der Waals surface area contributed by atoms with Crippen molar-refractivity contribution in [1.82, 2.24) is 9.97 Å². The van der Waals surface area contributed by atoms with Crippen LogP contribution in [-0.4, -0.2) is 20.2 Å². The molecule has 0 aromatic carbocycles. The number of hydrogen-bond donors (Lipinski definition) is 2. The zero-order chi connectivity index (χ0) is 26.4. The van der Waals surface area contributed by atoms with Crippen LogP contribution < -0.4 is 0 Å². The summed E-state index contributed by atoms with van der Waals surface area (Å²) in [6.07, 6.45) is -3.45. The van der Waals surface area contributed by atoms with Gasteiger partial charge in [0.05, 0.1) is 6.10 Å². The van der Waals surface area contributed by atoms with Gasteiger partial charge in [-0.2, -0.15) is 13.2 Å². The predicted molar refractivity (Wildman–Crippen MR) is 131 cm³/mol. The van der Waals surface area contributed by atoms with Crippen molar-refractivity contribution in [2.75, 3.05) is 0 Å². The molecule has 0 fully saturated rings. The Labute approximate surface area is 202 Å². The van der Waals surface area contributed by atoms with Crippen LogP contribution in [0.2, 0.25) is 0 Å². The molecule has 0 radical (unpaired) electrons. The van der Waals surface area contributed by atoms with Crippen LogP contribution in [0.15, 0.2) is 18.3 Å². The Balaban J connectivity index is 0.00000137. The van der Waals surface area contributed by atoms with Gasteiger partial charge in [0.2, 0.25) is 0 Å². The minimum Gasteiger partial charge on any atom is -0.388 e. The van der Waals surface area contributed by atoms with E-state index in [0.717, 1.165) is 35.5 Å². The summed E-state index contributed by atoms with van der Waals surface area (Å²) >= 11 is 0. The highest BCUT2D eigenvalue weighted by Gasteiger charge is 2.37. The Hall–Kier alpha value is -1.99. The first-order valence-electron chi connectivity index (χ1n) is 12.3. The Bertz CT molecular complexity index is 923. The molecule has 4 nitrogen and oxygen atoms in total. The molecule has 0 aliphatic heterocycles. The lowest BCUT2D eigenvalue weighted by Gasteiger charge is -2.37. The topological polar surface area (TPSA) is 66.2 Å². The molecule has 1 aliphatic carbocycles. The van der Waals surface area contributed by atoms with Crippen LogP contribution in [0.25, 0.3) is 0 Å². The van der Waals surface area contributed by atoms with E-state index < -0.39 is 24.1 Å². The minimum atomic E-state index is -4.54. The van der Waals surface area contributed by atoms with E-state index in [1.807, 2.05) is 48.5 Å². The van der Waals surface area contributed by atoms with Crippen molar-refractivity contribution in [3.63, 3.8) is 0 Å². The molecule has 2 N–H and O–H groups in total. The molecule has 7 heteroatoms. The molecule has 0 amide bonds. The monoisotopic (exact) mass is 482 g/mol. The van der Waals surface area contributed by atoms with E-state index in [0.29, 0.717) is 24.1 Å². The van der Waals surface area contributed by atoms with Crippen LogP contribution in [0.4, 0.5) is 13.2 Å². The maximum atomic E-state index is 12.9. The number of hydrogen-bond acceptors (Lipinski definition) is 4. The molecule has 3 rings (SSSR count). The Kier molecular flexibility index (Phi) is 10.7. The van der Waals surface area contributed by atoms with Crippen molar-refractivity contribution in [2.24, 2.45) is 5.41 Å². The molecule has 192 valence electrons. The van der Waals surface area contributed by atoms with Gasteiger partial charge in [0.1, 0.15) is 11.8 Å². The molecule has 0 bridgehead atoms. The van der Waals surface area contributed by atoms with E-state index in [1.54, 1.807) is 0 Å². The van der Waals surface area contributed by atoms with E-state index in [-0.39, 0.29) is 16.9 Å². The second kappa shape index (κ2) is 12.1. The average molecular weight is 483 g/mol. The van der Waals surface area contributed by atoms with Gasteiger partial charge < -0.3 is 10.2 Å². The number of alkyl halides is 3. The predicted octanol–water partition coefficient (Wildman–Crippen LogP) is 7.32. The van der Waals surface area contributed by atoms with Gasteiger partial charge in [-0.1, -0.05) is 68.4 Å². The van der Waals surface area contributed by atoms with Crippen molar-refractivity contribution >= 4 is 0 Å². The molecule has 2 atom stereocenters. The summed E-state index contributed by atoms with van der Waals surface area (Å²) in [4.78, 5) is 8.34. The van der Waals surface area contributed by atoms with Crippen molar-refractivity contribution in [1.29, 1.82) is 0 Å². The lowest BCUT2D eigenvalue weighted by Crippen LogP contribution is -2.29. The molecule has 0 spiro atoms. The number of halogens is 3. The quantitative estimate of drug-likeness (QED) is 0.479. The largest absolute Gasteiger partial charge is 0.433 e. The van der Waals surface area contributed by atoms with Gasteiger partial charge in [-0.3, -0.25) is 9.97 Å². The first kappa shape index (κ1) is 30.0. The van der Waals surface area contributed by atoms with Gasteiger partial charge in [0, 0.05) is 34.3 Å². The number of aliphatic hydroxyl groups is 2. The van der Waals surface area contributed by atoms with Gasteiger partial charge in [-0.25, -0.2) is 0 Å². The maximum Gasteiger partial charge on any atom is 0.433 e. The molecule has 1 aliphatic rings. The highest BCUT2D eigenvalue weighted by molar-refractivity contribution is 5.48. The van der Waals surface area contributed by atoms with Crippen LogP contribution >= 0.6 is 0 Å². The fraction of sp³-hybridized carbons (Fsp3) is 0.630. The van der Waals surface area contributed by atoms with Crippen LogP contribution in [-0.2, 0) is 19.0 Å². The molecule has 2 heterocycles. The lowest BCUT2D eigenvalue weighted by molar-refractivity contribution is -0.141. The number of fused-ring (bicyclic) bond motifs is 1. The summed E-state index contributed by atoms with van der Waals surface area (Å²) in [5.41, 5.74) is 2.91. The third-order valence-corrected chi connectivity index (χ3v) is 5.78. The Morgan fingerprint density at radius 1 is 1.12 bits per heavy atom. The Morgan fingerprint density at radius 3 is 2.15 bits per heavy atom. The molecular formula is C27H41F3N2O2. The van der Waals surface area contributed by atoms with Crippen molar-refractivity contribution in [3.8, 4) is 0 Å². The summed E-state index contributed by atoms with van der Waals surface area (Å²) in [6, 6.07) is 2.13. The zero-order valence-corrected chi connectivity index (χ0v) is 22.0. The third-order valence-electron chi connectivity index (χ3n) is 5.78. The zero-order valence-electron chi connectivity index (χ0n) is 22.0. The average Bonchev–Trinajstić information content (AvgIpc) is 2.78. The molecule has 0 saturated carbocycles. The number of aliphatic hydroxyl groups excluding tert-OH is 2. The van der Waals surface area contributed by atoms with E-state index in [1.165, 1.54) is 6.07 Å². The second-order valence-corrected chi connectivity index (χ2v) is 9.20. The molecule has 34 heavy (non-hydrogen) atoms. The summed E-state index contributed by atoms with van der Waals surface area (Å²) in [5, 5.41) is 22.1.